The van der Waals surface area contributed by atoms with Gasteiger partial charge in [-0.2, -0.15) is 0 Å². The van der Waals surface area contributed by atoms with Gasteiger partial charge in [-0.25, -0.2) is 14.8 Å². The summed E-state index contributed by atoms with van der Waals surface area (Å²) >= 11 is 1.60. The minimum Gasteiger partial charge on any atom is -0.497 e. The zero-order valence-corrected chi connectivity index (χ0v) is 20.0. The van der Waals surface area contributed by atoms with Crippen molar-refractivity contribution >= 4 is 34.0 Å². The maximum atomic E-state index is 12.9. The van der Waals surface area contributed by atoms with Crippen LogP contribution >= 0.6 is 11.8 Å². The van der Waals surface area contributed by atoms with Crippen molar-refractivity contribution in [3.8, 4) is 11.4 Å². The number of methoxy groups -OCH3 is 1. The van der Waals surface area contributed by atoms with E-state index in [4.69, 9.17) is 9.72 Å². The molecule has 0 aliphatic carbocycles. The Morgan fingerprint density at radius 3 is 2.56 bits per heavy atom. The number of hydrogen-bond donors (Lipinski definition) is 0. The average molecular weight is 477 g/mol. The van der Waals surface area contributed by atoms with Crippen molar-refractivity contribution in [2.45, 2.75) is 18.1 Å². The number of aryl methyl sites for hydroxylation is 2. The van der Waals surface area contributed by atoms with Crippen LogP contribution in [-0.2, 0) is 20.6 Å². The zero-order valence-electron chi connectivity index (χ0n) is 19.1. The third-order valence-electron chi connectivity index (χ3n) is 5.82. The largest absolute Gasteiger partial charge is 0.497 e. The summed E-state index contributed by atoms with van der Waals surface area (Å²) in [7, 11) is 5.04. The highest BCUT2D eigenvalue weighted by Gasteiger charge is 2.16. The van der Waals surface area contributed by atoms with E-state index in [1.54, 1.807) is 43.9 Å². The van der Waals surface area contributed by atoms with Crippen LogP contribution in [-0.4, -0.2) is 41.1 Å². The summed E-state index contributed by atoms with van der Waals surface area (Å²) in [6.07, 6.45) is 2.18. The second-order valence-electron chi connectivity index (χ2n) is 7.94. The molecule has 0 amide bonds. The van der Waals surface area contributed by atoms with Crippen LogP contribution in [0.4, 0.5) is 0 Å². The molecule has 10 heteroatoms. The van der Waals surface area contributed by atoms with E-state index in [-0.39, 0.29) is 11.2 Å². The molecule has 0 saturated carbocycles. The Bertz CT molecular complexity index is 1610. The van der Waals surface area contributed by atoms with Crippen molar-refractivity contribution in [2.75, 3.05) is 12.9 Å². The number of thioether (sulfide) groups is 1. The van der Waals surface area contributed by atoms with Gasteiger partial charge in [0.05, 0.1) is 24.5 Å². The van der Waals surface area contributed by atoms with Crippen molar-refractivity contribution in [3.05, 3.63) is 75.7 Å². The number of ether oxygens (including phenoxy) is 1. The van der Waals surface area contributed by atoms with Gasteiger partial charge < -0.3 is 9.30 Å². The predicted octanol–water partition coefficient (Wildman–Crippen LogP) is 2.96. The molecule has 0 bridgehead atoms. The molecule has 0 saturated heterocycles. The SMILES string of the molecule is COc1ccc(-n2c(SCCCn3c(=O)c4c(ncn4C)n(C)c3=O)nc3ccccc32)cc1. The number of fused-ring (bicyclic) bond motifs is 2. The topological polar surface area (TPSA) is 88.9 Å². The molecule has 174 valence electrons. The second-order valence-corrected chi connectivity index (χ2v) is 9.01. The van der Waals surface area contributed by atoms with Crippen LogP contribution in [0.3, 0.4) is 0 Å². The molecular weight excluding hydrogens is 452 g/mol. The highest BCUT2D eigenvalue weighted by Crippen LogP contribution is 2.29. The van der Waals surface area contributed by atoms with E-state index in [1.165, 1.54) is 9.13 Å². The lowest BCUT2D eigenvalue weighted by Crippen LogP contribution is -2.39. The number of imidazole rings is 2. The molecule has 9 nitrogen and oxygen atoms in total. The lowest BCUT2D eigenvalue weighted by Gasteiger charge is -2.11. The molecule has 0 aliphatic heterocycles. The highest BCUT2D eigenvalue weighted by atomic mass is 32.2. The molecule has 0 spiro atoms. The van der Waals surface area contributed by atoms with Crippen molar-refractivity contribution < 1.29 is 4.74 Å². The fourth-order valence-corrected chi connectivity index (χ4v) is 5.01. The first-order valence-electron chi connectivity index (χ1n) is 10.8. The summed E-state index contributed by atoms with van der Waals surface area (Å²) in [6, 6.07) is 15.9. The summed E-state index contributed by atoms with van der Waals surface area (Å²) in [5.74, 6) is 1.48. The third kappa shape index (κ3) is 3.69. The predicted molar refractivity (Wildman–Crippen MR) is 133 cm³/mol. The first-order valence-corrected chi connectivity index (χ1v) is 11.8. The first kappa shape index (κ1) is 22.0. The van der Waals surface area contributed by atoms with E-state index < -0.39 is 0 Å². The van der Waals surface area contributed by atoms with Crippen LogP contribution in [0.25, 0.3) is 27.9 Å². The van der Waals surface area contributed by atoms with E-state index in [9.17, 15) is 9.59 Å². The molecular formula is C24H24N6O3S. The van der Waals surface area contributed by atoms with Gasteiger partial charge in [-0.3, -0.25) is 18.5 Å². The lowest BCUT2D eigenvalue weighted by atomic mass is 10.2. The lowest BCUT2D eigenvalue weighted by molar-refractivity contribution is 0.414. The fourth-order valence-electron chi connectivity index (χ4n) is 4.06. The number of aromatic nitrogens is 6. The third-order valence-corrected chi connectivity index (χ3v) is 6.84. The van der Waals surface area contributed by atoms with Gasteiger partial charge in [0, 0.05) is 32.1 Å². The van der Waals surface area contributed by atoms with Gasteiger partial charge in [0.2, 0.25) is 0 Å². The van der Waals surface area contributed by atoms with E-state index in [0.717, 1.165) is 27.6 Å². The number of nitrogens with zero attached hydrogens (tertiary/aromatic N) is 6. The molecule has 5 rings (SSSR count). The summed E-state index contributed by atoms with van der Waals surface area (Å²) in [6.45, 7) is 0.322. The Hall–Kier alpha value is -3.79. The van der Waals surface area contributed by atoms with Gasteiger partial charge in [0.15, 0.2) is 16.3 Å². The second kappa shape index (κ2) is 8.86. The molecule has 0 aliphatic rings. The standard InChI is InChI=1S/C24H24N6O3S/c1-27-15-25-21-20(27)22(31)29(24(32)28(21)2)13-6-14-34-23-26-18-7-4-5-8-19(18)30(23)16-9-11-17(33-3)12-10-16/h4-5,7-12,15H,6,13-14H2,1-3H3. The highest BCUT2D eigenvalue weighted by molar-refractivity contribution is 7.99. The van der Waals surface area contributed by atoms with Crippen LogP contribution < -0.4 is 16.0 Å². The Morgan fingerprint density at radius 2 is 1.79 bits per heavy atom. The van der Waals surface area contributed by atoms with E-state index in [0.29, 0.717) is 29.9 Å². The van der Waals surface area contributed by atoms with Crippen LogP contribution in [0, 0.1) is 0 Å². The molecule has 0 atom stereocenters. The number of benzene rings is 2. The van der Waals surface area contributed by atoms with Gasteiger partial charge in [0.1, 0.15) is 5.75 Å². The maximum absolute atomic E-state index is 12.9. The summed E-state index contributed by atoms with van der Waals surface area (Å²) < 4.78 is 11.8. The summed E-state index contributed by atoms with van der Waals surface area (Å²) in [5, 5.41) is 0.855. The Labute approximate surface area is 199 Å². The maximum Gasteiger partial charge on any atom is 0.332 e. The quantitative estimate of drug-likeness (QED) is 0.265. The molecule has 34 heavy (non-hydrogen) atoms. The Kier molecular flexibility index (Phi) is 5.74. The van der Waals surface area contributed by atoms with Gasteiger partial charge >= 0.3 is 5.69 Å². The Balaban J connectivity index is 1.40. The van der Waals surface area contributed by atoms with E-state index in [1.807, 2.05) is 48.5 Å². The van der Waals surface area contributed by atoms with Gasteiger partial charge in [0.25, 0.3) is 5.56 Å². The van der Waals surface area contributed by atoms with Crippen molar-refractivity contribution in [2.24, 2.45) is 14.1 Å². The smallest absolute Gasteiger partial charge is 0.332 e. The molecule has 2 aromatic carbocycles. The average Bonchev–Trinajstić information content (AvgIpc) is 3.42. The van der Waals surface area contributed by atoms with Crippen LogP contribution in [0.1, 0.15) is 6.42 Å². The van der Waals surface area contributed by atoms with Crippen LogP contribution in [0.5, 0.6) is 5.75 Å². The number of para-hydroxylation sites is 2. The Morgan fingerprint density at radius 1 is 1.03 bits per heavy atom. The first-order chi connectivity index (χ1) is 16.5. The van der Waals surface area contributed by atoms with Gasteiger partial charge in [-0.15, -0.1) is 0 Å². The molecule has 5 aromatic rings. The van der Waals surface area contributed by atoms with Crippen LogP contribution in [0.15, 0.2) is 69.6 Å². The molecule has 0 N–H and O–H groups in total. The van der Waals surface area contributed by atoms with Crippen LogP contribution in [0.2, 0.25) is 0 Å². The minimum atomic E-state index is -0.355. The summed E-state index contributed by atoms with van der Waals surface area (Å²) in [4.78, 5) is 34.6. The zero-order chi connectivity index (χ0) is 23.8. The fraction of sp³-hybridized carbons (Fsp3) is 0.250. The monoisotopic (exact) mass is 476 g/mol. The van der Waals surface area contributed by atoms with Crippen molar-refractivity contribution in [1.29, 1.82) is 0 Å². The molecule has 3 aromatic heterocycles. The van der Waals surface area contributed by atoms with Crippen molar-refractivity contribution in [1.82, 2.24) is 28.2 Å². The normalized spacial score (nSPS) is 11.5. The molecule has 3 heterocycles. The molecule has 0 unspecified atom stereocenters. The molecule has 0 fully saturated rings. The summed E-state index contributed by atoms with van der Waals surface area (Å²) in [5.41, 5.74) is 3.07. The number of rotatable bonds is 7. The van der Waals surface area contributed by atoms with Gasteiger partial charge in [-0.1, -0.05) is 23.9 Å². The van der Waals surface area contributed by atoms with Gasteiger partial charge in [-0.05, 0) is 42.8 Å². The van der Waals surface area contributed by atoms with E-state index >= 15 is 0 Å². The van der Waals surface area contributed by atoms with E-state index in [2.05, 4.69) is 9.55 Å². The number of hydrogen-bond acceptors (Lipinski definition) is 6. The van der Waals surface area contributed by atoms with Crippen molar-refractivity contribution in [3.63, 3.8) is 0 Å². The molecule has 0 radical (unpaired) electrons. The minimum absolute atomic E-state index is 0.312.